The van der Waals surface area contributed by atoms with Crippen LogP contribution in [-0.2, 0) is 48.1 Å². The largest absolute Gasteiger partial charge is 0.465 e. The van der Waals surface area contributed by atoms with Crippen molar-refractivity contribution in [2.75, 3.05) is 6.61 Å². The van der Waals surface area contributed by atoms with E-state index in [9.17, 15) is 19.2 Å². The fourth-order valence-corrected chi connectivity index (χ4v) is 5.29. The molecule has 1 aliphatic rings. The van der Waals surface area contributed by atoms with Gasteiger partial charge in [-0.2, -0.15) is 0 Å². The molecular weight excluding hydrogens is 544 g/mol. The molecule has 2 heterocycles. The Labute approximate surface area is 253 Å². The molecule has 0 bridgehead atoms. The molecule has 1 fully saturated rings. The number of amides is 2. The molecular formula is C35H40N2O6. The van der Waals surface area contributed by atoms with Gasteiger partial charge in [0, 0.05) is 12.6 Å². The highest BCUT2D eigenvalue weighted by Crippen LogP contribution is 2.34. The van der Waals surface area contributed by atoms with Crippen molar-refractivity contribution in [2.24, 2.45) is 5.92 Å². The molecule has 2 aromatic carbocycles. The zero-order chi connectivity index (χ0) is 30.6. The van der Waals surface area contributed by atoms with Crippen molar-refractivity contribution in [3.8, 4) is 0 Å². The first-order valence-electron chi connectivity index (χ1n) is 15.1. The van der Waals surface area contributed by atoms with Crippen LogP contribution in [0.3, 0.4) is 0 Å². The highest BCUT2D eigenvalue weighted by Gasteiger charge is 2.55. The van der Waals surface area contributed by atoms with Crippen molar-refractivity contribution in [1.29, 1.82) is 0 Å². The second-order valence-corrected chi connectivity index (χ2v) is 11.1. The number of pyridine rings is 1. The Morgan fingerprint density at radius 1 is 0.907 bits per heavy atom. The molecule has 4 rings (SSSR count). The van der Waals surface area contributed by atoms with E-state index in [-0.39, 0.29) is 37.8 Å². The number of likely N-dealkylation sites (tertiary alicyclic amines) is 1. The summed E-state index contributed by atoms with van der Waals surface area (Å²) >= 11 is 0. The topological polar surface area (TPSA) is 103 Å². The predicted octanol–water partition coefficient (Wildman–Crippen LogP) is 5.58. The molecule has 0 aliphatic carbocycles. The van der Waals surface area contributed by atoms with E-state index in [4.69, 9.17) is 9.47 Å². The minimum Gasteiger partial charge on any atom is -0.465 e. The molecule has 3 atom stereocenters. The van der Waals surface area contributed by atoms with Crippen LogP contribution >= 0.6 is 0 Å². The molecule has 2 amide bonds. The Morgan fingerprint density at radius 3 is 2.35 bits per heavy atom. The first-order valence-corrected chi connectivity index (χ1v) is 15.1. The number of carbonyl (C=O) groups is 4. The van der Waals surface area contributed by atoms with Gasteiger partial charge in [-0.3, -0.25) is 24.3 Å². The number of hydrogen-bond donors (Lipinski definition) is 0. The summed E-state index contributed by atoms with van der Waals surface area (Å²) in [5.74, 6) is -2.67. The molecule has 8 heteroatoms. The van der Waals surface area contributed by atoms with E-state index in [0.717, 1.165) is 47.3 Å². The fourth-order valence-electron chi connectivity index (χ4n) is 5.29. The third-order valence-corrected chi connectivity index (χ3v) is 7.72. The van der Waals surface area contributed by atoms with Gasteiger partial charge in [-0.1, -0.05) is 93.8 Å². The van der Waals surface area contributed by atoms with Gasteiger partial charge in [0.1, 0.15) is 12.6 Å². The summed E-state index contributed by atoms with van der Waals surface area (Å²) in [4.78, 5) is 57.8. The van der Waals surface area contributed by atoms with Crippen molar-refractivity contribution >= 4 is 23.8 Å². The van der Waals surface area contributed by atoms with E-state index in [0.29, 0.717) is 12.3 Å². The Kier molecular flexibility index (Phi) is 11.6. The summed E-state index contributed by atoms with van der Waals surface area (Å²) in [6.07, 6.45) is 5.97. The Morgan fingerprint density at radius 2 is 1.63 bits per heavy atom. The zero-order valence-electron chi connectivity index (χ0n) is 24.9. The van der Waals surface area contributed by atoms with Crippen LogP contribution in [0.2, 0.25) is 0 Å². The van der Waals surface area contributed by atoms with Crippen molar-refractivity contribution < 1.29 is 28.7 Å². The average molecular weight is 585 g/mol. The van der Waals surface area contributed by atoms with Crippen molar-refractivity contribution in [2.45, 2.75) is 77.4 Å². The number of aromatic nitrogens is 1. The maximum atomic E-state index is 13.4. The molecule has 43 heavy (non-hydrogen) atoms. The predicted molar refractivity (Wildman–Crippen MR) is 162 cm³/mol. The lowest BCUT2D eigenvalue weighted by atomic mass is 9.81. The van der Waals surface area contributed by atoms with Gasteiger partial charge in [0.2, 0.25) is 11.8 Å². The summed E-state index contributed by atoms with van der Waals surface area (Å²) in [7, 11) is 0. The van der Waals surface area contributed by atoms with E-state index in [1.807, 2.05) is 67.6 Å². The second kappa shape index (κ2) is 15.8. The van der Waals surface area contributed by atoms with E-state index in [1.165, 1.54) is 0 Å². The normalized spacial score (nSPS) is 16.7. The molecule has 1 unspecified atom stereocenters. The van der Waals surface area contributed by atoms with Crippen molar-refractivity contribution in [1.82, 2.24) is 9.88 Å². The Balaban J connectivity index is 1.43. The van der Waals surface area contributed by atoms with E-state index >= 15 is 0 Å². The highest BCUT2D eigenvalue weighted by molar-refractivity contribution is 6.08. The molecule has 0 saturated carbocycles. The minimum atomic E-state index is -1.03. The van der Waals surface area contributed by atoms with Crippen LogP contribution in [0, 0.1) is 5.92 Å². The van der Waals surface area contributed by atoms with Crippen LogP contribution in [-0.4, -0.2) is 46.3 Å². The van der Waals surface area contributed by atoms with Gasteiger partial charge in [-0.15, -0.1) is 0 Å². The molecule has 1 aromatic heterocycles. The number of rotatable bonds is 15. The molecule has 3 aromatic rings. The van der Waals surface area contributed by atoms with Crippen LogP contribution in [0.15, 0.2) is 79.0 Å². The second-order valence-electron chi connectivity index (χ2n) is 11.1. The van der Waals surface area contributed by atoms with Crippen LogP contribution in [0.25, 0.3) is 0 Å². The smallest absolute Gasteiger partial charge is 0.330 e. The van der Waals surface area contributed by atoms with Gasteiger partial charge in [0.15, 0.2) is 0 Å². The Bertz CT molecular complexity index is 1380. The molecule has 1 aliphatic heterocycles. The van der Waals surface area contributed by atoms with Gasteiger partial charge in [0.05, 0.1) is 24.6 Å². The molecule has 0 spiro atoms. The number of β-lactam (4-membered cyclic amide) rings is 1. The van der Waals surface area contributed by atoms with Gasteiger partial charge < -0.3 is 9.47 Å². The van der Waals surface area contributed by atoms with Gasteiger partial charge in [0.25, 0.3) is 0 Å². The van der Waals surface area contributed by atoms with Gasteiger partial charge >= 0.3 is 11.9 Å². The summed E-state index contributed by atoms with van der Waals surface area (Å²) in [5.41, 5.74) is 3.05. The quantitative estimate of drug-likeness (QED) is 0.131. The number of unbranched alkanes of at least 4 members (excludes halogenated alkanes) is 3. The summed E-state index contributed by atoms with van der Waals surface area (Å²) in [5, 5.41) is 0. The third kappa shape index (κ3) is 8.83. The van der Waals surface area contributed by atoms with Crippen LogP contribution < -0.4 is 0 Å². The molecule has 226 valence electrons. The third-order valence-electron chi connectivity index (χ3n) is 7.72. The molecule has 8 nitrogen and oxygen atoms in total. The van der Waals surface area contributed by atoms with E-state index in [2.05, 4.69) is 11.9 Å². The van der Waals surface area contributed by atoms with Crippen molar-refractivity contribution in [3.05, 3.63) is 101 Å². The Hall–Kier alpha value is -4.33. The van der Waals surface area contributed by atoms with Crippen LogP contribution in [0.5, 0.6) is 0 Å². The highest BCUT2D eigenvalue weighted by atomic mass is 16.5. The molecule has 0 radical (unpaired) electrons. The fraction of sp³-hybridized carbons (Fsp3) is 0.400. The summed E-state index contributed by atoms with van der Waals surface area (Å²) in [6, 6.07) is 21.3. The zero-order valence-corrected chi connectivity index (χ0v) is 24.9. The minimum absolute atomic E-state index is 0.0186. The van der Waals surface area contributed by atoms with Crippen molar-refractivity contribution in [3.63, 3.8) is 0 Å². The lowest BCUT2D eigenvalue weighted by Gasteiger charge is -2.44. The number of esters is 2. The number of nitrogens with zero attached hydrogens (tertiary/aromatic N) is 2. The van der Waals surface area contributed by atoms with Gasteiger partial charge in [-0.25, -0.2) is 4.79 Å². The molecule has 1 saturated heterocycles. The number of hydrogen-bond acceptors (Lipinski definition) is 7. The standard InChI is InChI=1S/C35H40N2O6/c1-3-4-5-12-19-42-32(39)23-29-21-27(17-18-36-29)22-30-33(35(41)43-24-26-13-8-6-9-14-26)37(34(30)40)31(38)20-25(2)28-15-10-7-11-16-28/h6-11,13-18,21,25,30,33H,3-5,12,19-20,22-24H2,1-2H3/t25-,30?,33-/m0/s1. The maximum absolute atomic E-state index is 13.4. The van der Waals surface area contributed by atoms with Crippen LogP contribution in [0.1, 0.15) is 74.3 Å². The van der Waals surface area contributed by atoms with E-state index < -0.39 is 29.7 Å². The first kappa shape index (κ1) is 31.6. The van der Waals surface area contributed by atoms with Crippen LogP contribution in [0.4, 0.5) is 0 Å². The maximum Gasteiger partial charge on any atom is 0.330 e. The number of benzene rings is 2. The summed E-state index contributed by atoms with van der Waals surface area (Å²) < 4.78 is 10.9. The number of ether oxygens (including phenoxy) is 2. The summed E-state index contributed by atoms with van der Waals surface area (Å²) in [6.45, 7) is 4.47. The van der Waals surface area contributed by atoms with E-state index in [1.54, 1.807) is 18.3 Å². The first-order chi connectivity index (χ1) is 20.9. The SMILES string of the molecule is CCCCCCOC(=O)Cc1cc(CC2C(=O)N(C(=O)C[C@H](C)c3ccccc3)[C@@H]2C(=O)OCc2ccccc2)ccn1. The number of carbonyl (C=O) groups excluding carboxylic acids is 4. The average Bonchev–Trinajstić information content (AvgIpc) is 3.02. The monoisotopic (exact) mass is 584 g/mol. The lowest BCUT2D eigenvalue weighted by Crippen LogP contribution is -2.67. The number of imide groups is 1. The van der Waals surface area contributed by atoms with Gasteiger partial charge in [-0.05, 0) is 47.6 Å². The lowest BCUT2D eigenvalue weighted by molar-refractivity contribution is -0.180. The molecule has 0 N–H and O–H groups in total.